The lowest BCUT2D eigenvalue weighted by Crippen LogP contribution is -2.45. The number of nitrogens with zero attached hydrogens (tertiary/aromatic N) is 2. The number of benzene rings is 1. The van der Waals surface area contributed by atoms with Gasteiger partial charge in [0.25, 0.3) is 5.56 Å². The molecule has 0 spiro atoms. The molecule has 0 aliphatic rings. The molecular formula is C16H16BFN2O4. The fourth-order valence-electron chi connectivity index (χ4n) is 2.00. The van der Waals surface area contributed by atoms with Crippen LogP contribution in [0.2, 0.25) is 0 Å². The maximum absolute atomic E-state index is 13.2. The van der Waals surface area contributed by atoms with E-state index in [-0.39, 0.29) is 12.0 Å². The lowest BCUT2D eigenvalue weighted by atomic mass is 9.93. The first kappa shape index (κ1) is 17.7. The van der Waals surface area contributed by atoms with Gasteiger partial charge in [-0.25, -0.2) is 14.0 Å². The van der Waals surface area contributed by atoms with Crippen molar-refractivity contribution in [1.29, 1.82) is 0 Å². The monoisotopic (exact) mass is 330 g/mol. The molecule has 2 rings (SSSR count). The number of ether oxygens (including phenoxy) is 1. The zero-order chi connectivity index (χ0) is 18.1. The Bertz CT molecular complexity index is 896. The van der Waals surface area contributed by atoms with Gasteiger partial charge in [-0.05, 0) is 32.4 Å². The molecule has 2 radical (unpaired) electrons. The van der Waals surface area contributed by atoms with E-state index >= 15 is 0 Å². The summed E-state index contributed by atoms with van der Waals surface area (Å²) in [5, 5.41) is 0. The number of aromatic nitrogens is 2. The van der Waals surface area contributed by atoms with Crippen LogP contribution in [0.3, 0.4) is 0 Å². The SMILES string of the molecule is [B]c1cc(Cn2ccc(=O)n(C(=O)OC(C)(C)C)c2=O)ccc1F. The summed E-state index contributed by atoms with van der Waals surface area (Å²) in [4.78, 5) is 36.3. The van der Waals surface area contributed by atoms with Gasteiger partial charge >= 0.3 is 11.8 Å². The summed E-state index contributed by atoms with van der Waals surface area (Å²) >= 11 is 0. The minimum atomic E-state index is -1.05. The third-order valence-electron chi connectivity index (χ3n) is 3.04. The zero-order valence-electron chi connectivity index (χ0n) is 13.6. The van der Waals surface area contributed by atoms with Gasteiger partial charge in [0.05, 0.1) is 6.54 Å². The van der Waals surface area contributed by atoms with Gasteiger partial charge in [0.15, 0.2) is 0 Å². The molecule has 0 aliphatic heterocycles. The highest BCUT2D eigenvalue weighted by Gasteiger charge is 2.21. The van der Waals surface area contributed by atoms with Crippen LogP contribution < -0.4 is 16.7 Å². The summed E-state index contributed by atoms with van der Waals surface area (Å²) in [6.45, 7) is 4.89. The Morgan fingerprint density at radius 1 is 1.25 bits per heavy atom. The minimum absolute atomic E-state index is 0.0202. The van der Waals surface area contributed by atoms with Crippen LogP contribution in [0.5, 0.6) is 0 Å². The van der Waals surface area contributed by atoms with Gasteiger partial charge in [-0.2, -0.15) is 4.57 Å². The molecule has 2 aromatic rings. The smallest absolute Gasteiger partial charge is 0.425 e. The largest absolute Gasteiger partial charge is 0.443 e. The maximum Gasteiger partial charge on any atom is 0.425 e. The van der Waals surface area contributed by atoms with Gasteiger partial charge in [0.2, 0.25) is 0 Å². The molecule has 0 saturated heterocycles. The van der Waals surface area contributed by atoms with Crippen molar-refractivity contribution in [2.75, 3.05) is 0 Å². The number of hydrogen-bond donors (Lipinski definition) is 0. The van der Waals surface area contributed by atoms with E-state index in [1.807, 2.05) is 0 Å². The van der Waals surface area contributed by atoms with Crippen molar-refractivity contribution in [3.05, 3.63) is 62.7 Å². The van der Waals surface area contributed by atoms with Gasteiger partial charge in [0.1, 0.15) is 19.3 Å². The van der Waals surface area contributed by atoms with Crippen molar-refractivity contribution in [2.45, 2.75) is 32.9 Å². The standard InChI is InChI=1S/C16H16BFN2O4/c1-16(2,3)24-15(23)20-13(21)6-7-19(14(20)22)9-10-4-5-12(18)11(17)8-10/h4-8H,9H2,1-3H3. The van der Waals surface area contributed by atoms with E-state index in [1.54, 1.807) is 20.8 Å². The quantitative estimate of drug-likeness (QED) is 0.763. The fourth-order valence-corrected chi connectivity index (χ4v) is 2.00. The Morgan fingerprint density at radius 3 is 2.50 bits per heavy atom. The first-order valence-electron chi connectivity index (χ1n) is 7.18. The van der Waals surface area contributed by atoms with E-state index in [0.29, 0.717) is 10.1 Å². The number of rotatable bonds is 2. The van der Waals surface area contributed by atoms with Gasteiger partial charge in [-0.3, -0.25) is 9.36 Å². The molecule has 0 fully saturated rings. The average molecular weight is 330 g/mol. The van der Waals surface area contributed by atoms with Crippen LogP contribution in [-0.2, 0) is 11.3 Å². The van der Waals surface area contributed by atoms with Crippen molar-refractivity contribution in [1.82, 2.24) is 9.13 Å². The predicted molar refractivity (Wildman–Crippen MR) is 87.5 cm³/mol. The predicted octanol–water partition coefficient (Wildman–Crippen LogP) is 0.774. The maximum atomic E-state index is 13.2. The Labute approximate surface area is 138 Å². The lowest BCUT2D eigenvalue weighted by Gasteiger charge is -2.19. The molecule has 0 bridgehead atoms. The zero-order valence-corrected chi connectivity index (χ0v) is 13.6. The highest BCUT2D eigenvalue weighted by Crippen LogP contribution is 2.07. The second-order valence-corrected chi connectivity index (χ2v) is 6.24. The highest BCUT2D eigenvalue weighted by atomic mass is 19.1. The minimum Gasteiger partial charge on any atom is -0.443 e. The van der Waals surface area contributed by atoms with Crippen molar-refractivity contribution in [3.8, 4) is 0 Å². The molecule has 24 heavy (non-hydrogen) atoms. The van der Waals surface area contributed by atoms with Gasteiger partial charge in [0, 0.05) is 12.3 Å². The van der Waals surface area contributed by atoms with Crippen LogP contribution in [0.4, 0.5) is 9.18 Å². The number of hydrogen-bond acceptors (Lipinski definition) is 4. The molecule has 0 amide bonds. The van der Waals surface area contributed by atoms with E-state index in [9.17, 15) is 18.8 Å². The van der Waals surface area contributed by atoms with Crippen molar-refractivity contribution in [2.24, 2.45) is 0 Å². The molecule has 0 N–H and O–H groups in total. The normalized spacial score (nSPS) is 11.3. The Kier molecular flexibility index (Phi) is 4.77. The molecule has 0 aliphatic carbocycles. The third-order valence-corrected chi connectivity index (χ3v) is 3.04. The van der Waals surface area contributed by atoms with E-state index in [2.05, 4.69) is 0 Å². The van der Waals surface area contributed by atoms with Crippen LogP contribution >= 0.6 is 0 Å². The molecule has 124 valence electrons. The van der Waals surface area contributed by atoms with Gasteiger partial charge < -0.3 is 4.74 Å². The Hall–Kier alpha value is -2.64. The van der Waals surface area contributed by atoms with Crippen LogP contribution in [0.25, 0.3) is 0 Å². The molecule has 8 heteroatoms. The molecule has 1 aromatic carbocycles. The van der Waals surface area contributed by atoms with Gasteiger partial charge in [-0.15, -0.1) is 0 Å². The van der Waals surface area contributed by atoms with Crippen LogP contribution in [-0.4, -0.2) is 28.7 Å². The van der Waals surface area contributed by atoms with Crippen molar-refractivity contribution < 1.29 is 13.9 Å². The summed E-state index contributed by atoms with van der Waals surface area (Å²) in [5.74, 6) is -0.565. The molecule has 0 unspecified atom stereocenters. The second kappa shape index (κ2) is 6.47. The highest BCUT2D eigenvalue weighted by molar-refractivity contribution is 6.32. The van der Waals surface area contributed by atoms with Crippen molar-refractivity contribution >= 4 is 19.4 Å². The summed E-state index contributed by atoms with van der Waals surface area (Å²) in [6, 6.07) is 5.10. The Morgan fingerprint density at radius 2 is 1.92 bits per heavy atom. The van der Waals surface area contributed by atoms with Crippen LogP contribution in [0.1, 0.15) is 26.3 Å². The first-order chi connectivity index (χ1) is 11.1. The second-order valence-electron chi connectivity index (χ2n) is 6.24. The van der Waals surface area contributed by atoms with Crippen LogP contribution in [0.15, 0.2) is 40.1 Å². The van der Waals surface area contributed by atoms with Crippen molar-refractivity contribution in [3.63, 3.8) is 0 Å². The first-order valence-corrected chi connectivity index (χ1v) is 7.18. The summed E-state index contributed by atoms with van der Waals surface area (Å²) in [5.41, 5.74) is -2.00. The number of carbonyl (C=O) groups excluding carboxylic acids is 1. The molecule has 6 nitrogen and oxygen atoms in total. The fraction of sp³-hybridized carbons (Fsp3) is 0.312. The summed E-state index contributed by atoms with van der Waals surface area (Å²) in [7, 11) is 5.49. The number of halogens is 1. The summed E-state index contributed by atoms with van der Waals surface area (Å²) in [6.07, 6.45) is 0.205. The average Bonchev–Trinajstić information content (AvgIpc) is 2.44. The van der Waals surface area contributed by atoms with E-state index in [0.717, 1.165) is 10.6 Å². The number of carbonyl (C=O) groups is 1. The summed E-state index contributed by atoms with van der Waals surface area (Å²) < 4.78 is 19.8. The molecule has 0 saturated carbocycles. The van der Waals surface area contributed by atoms with E-state index in [4.69, 9.17) is 12.6 Å². The van der Waals surface area contributed by atoms with E-state index in [1.165, 1.54) is 24.4 Å². The lowest BCUT2D eigenvalue weighted by molar-refractivity contribution is 0.0520. The topological polar surface area (TPSA) is 70.3 Å². The van der Waals surface area contributed by atoms with E-state index < -0.39 is 28.8 Å². The third kappa shape index (κ3) is 4.01. The molecule has 1 aromatic heterocycles. The van der Waals surface area contributed by atoms with Crippen LogP contribution in [0, 0.1) is 5.82 Å². The molecular weight excluding hydrogens is 314 g/mol. The molecule has 0 atom stereocenters. The molecule has 1 heterocycles. The Balaban J connectivity index is 2.41. The van der Waals surface area contributed by atoms with Gasteiger partial charge in [-0.1, -0.05) is 17.6 Å².